The van der Waals surface area contributed by atoms with Gasteiger partial charge in [-0.25, -0.2) is 9.37 Å². The van der Waals surface area contributed by atoms with Crippen LogP contribution in [0.2, 0.25) is 0 Å². The predicted molar refractivity (Wildman–Crippen MR) is 96.5 cm³/mol. The Kier molecular flexibility index (Phi) is 5.18. The molecule has 1 N–H and O–H groups in total. The molecule has 1 saturated heterocycles. The van der Waals surface area contributed by atoms with Crippen molar-refractivity contribution < 1.29 is 14.3 Å². The monoisotopic (exact) mass is 358 g/mol. The lowest BCUT2D eigenvalue weighted by atomic mass is 9.92. The second-order valence-electron chi connectivity index (χ2n) is 6.94. The Bertz CT molecular complexity index is 786. The number of aryl methyl sites for hydroxylation is 1. The van der Waals surface area contributed by atoms with Gasteiger partial charge in [0.05, 0.1) is 18.3 Å². The van der Waals surface area contributed by atoms with Crippen molar-refractivity contribution in [3.05, 3.63) is 53.7 Å². The summed E-state index contributed by atoms with van der Waals surface area (Å²) in [5, 5.41) is 11.0. The van der Waals surface area contributed by atoms with E-state index in [-0.39, 0.29) is 18.0 Å². The summed E-state index contributed by atoms with van der Waals surface area (Å²) in [7, 11) is 1.62. The molecule has 0 radical (unpaired) electrons. The molecule has 1 aromatic heterocycles. The first-order chi connectivity index (χ1) is 12.4. The molecule has 0 aliphatic carbocycles. The third-order valence-electron chi connectivity index (χ3n) is 4.73. The average Bonchev–Trinajstić information content (AvgIpc) is 2.63. The van der Waals surface area contributed by atoms with E-state index >= 15 is 0 Å². The first-order valence-electron chi connectivity index (χ1n) is 8.63. The molecule has 2 heterocycles. The van der Waals surface area contributed by atoms with Crippen molar-refractivity contribution in [3.63, 3.8) is 0 Å². The molecule has 6 nitrogen and oxygen atoms in total. The molecule has 1 unspecified atom stereocenters. The number of benzene rings is 1. The number of amides is 1. The van der Waals surface area contributed by atoms with Gasteiger partial charge in [-0.15, -0.1) is 0 Å². The van der Waals surface area contributed by atoms with Crippen LogP contribution in [0.1, 0.15) is 28.8 Å². The van der Waals surface area contributed by atoms with Gasteiger partial charge in [-0.3, -0.25) is 9.78 Å². The Morgan fingerprint density at radius 1 is 1.42 bits per heavy atom. The summed E-state index contributed by atoms with van der Waals surface area (Å²) in [6, 6.07) is 4.43. The van der Waals surface area contributed by atoms with Crippen molar-refractivity contribution in [2.75, 3.05) is 31.6 Å². The number of aromatic nitrogens is 2. The Balaban J connectivity index is 1.70. The van der Waals surface area contributed by atoms with Crippen molar-refractivity contribution in [3.8, 4) is 0 Å². The predicted octanol–water partition coefficient (Wildman–Crippen LogP) is 2.03. The molecular formula is C19H23FN4O2. The molecule has 1 atom stereocenters. The third-order valence-corrected chi connectivity index (χ3v) is 4.73. The first-order valence-corrected chi connectivity index (χ1v) is 8.63. The van der Waals surface area contributed by atoms with Crippen LogP contribution in [0.4, 0.5) is 10.2 Å². The zero-order valence-corrected chi connectivity index (χ0v) is 15.0. The number of aliphatic hydroxyl groups is 1. The number of rotatable bonds is 4. The molecule has 0 bridgehead atoms. The summed E-state index contributed by atoms with van der Waals surface area (Å²) in [6.07, 6.45) is 6.25. The maximum Gasteiger partial charge on any atom is 0.253 e. The lowest BCUT2D eigenvalue weighted by Gasteiger charge is -2.41. The lowest BCUT2D eigenvalue weighted by Crippen LogP contribution is -2.54. The van der Waals surface area contributed by atoms with Crippen LogP contribution in [0.25, 0.3) is 0 Å². The van der Waals surface area contributed by atoms with Gasteiger partial charge in [0.2, 0.25) is 0 Å². The van der Waals surface area contributed by atoms with Crippen LogP contribution < -0.4 is 4.90 Å². The summed E-state index contributed by atoms with van der Waals surface area (Å²) >= 11 is 0. The lowest BCUT2D eigenvalue weighted by molar-refractivity contribution is -0.000153. The summed E-state index contributed by atoms with van der Waals surface area (Å²) in [5.41, 5.74) is -0.279. The first kappa shape index (κ1) is 18.3. The van der Waals surface area contributed by atoms with Crippen molar-refractivity contribution >= 4 is 11.7 Å². The molecule has 2 aromatic rings. The summed E-state index contributed by atoms with van der Waals surface area (Å²) in [5.74, 6) is -0.0105. The standard InChI is InChI=1S/C19H23FN4O2/c1-14-4-5-15(10-16(14)20)18(25)23(2)12-19(26)6-3-9-24(13-19)17-11-21-7-8-22-17/h4-5,7-8,10-11,26H,3,6,9,12-13H2,1-2H3. The Labute approximate surface area is 152 Å². The molecule has 7 heteroatoms. The Hall–Kier alpha value is -2.54. The fourth-order valence-corrected chi connectivity index (χ4v) is 3.35. The van der Waals surface area contributed by atoms with Crippen LogP contribution in [0, 0.1) is 12.7 Å². The van der Waals surface area contributed by atoms with Gasteiger partial charge in [-0.05, 0) is 37.5 Å². The van der Waals surface area contributed by atoms with Crippen LogP contribution in [-0.4, -0.2) is 58.2 Å². The summed E-state index contributed by atoms with van der Waals surface area (Å²) in [4.78, 5) is 24.4. The zero-order valence-electron chi connectivity index (χ0n) is 15.0. The molecule has 3 rings (SSSR count). The minimum Gasteiger partial charge on any atom is -0.386 e. The number of β-amino-alcohol motifs (C(OH)–C–C–N with tert-alkyl or cyclic N) is 1. The smallest absolute Gasteiger partial charge is 0.253 e. The SMILES string of the molecule is Cc1ccc(C(=O)N(C)CC2(O)CCCN(c3cnccn3)C2)cc1F. The van der Waals surface area contributed by atoms with Gasteiger partial charge < -0.3 is 14.9 Å². The number of nitrogens with zero attached hydrogens (tertiary/aromatic N) is 4. The molecule has 26 heavy (non-hydrogen) atoms. The maximum atomic E-state index is 13.7. The number of carbonyl (C=O) groups excluding carboxylic acids is 1. The molecule has 1 amide bonds. The molecule has 1 fully saturated rings. The maximum absolute atomic E-state index is 13.7. The number of carbonyl (C=O) groups is 1. The third kappa shape index (κ3) is 3.99. The fraction of sp³-hybridized carbons (Fsp3) is 0.421. The molecule has 1 aliphatic rings. The highest BCUT2D eigenvalue weighted by Crippen LogP contribution is 2.25. The molecule has 1 aromatic carbocycles. The highest BCUT2D eigenvalue weighted by atomic mass is 19.1. The van der Waals surface area contributed by atoms with Gasteiger partial charge >= 0.3 is 0 Å². The Morgan fingerprint density at radius 2 is 2.23 bits per heavy atom. The number of likely N-dealkylation sites (N-methyl/N-ethyl adjacent to an activating group) is 1. The number of halogens is 1. The minimum atomic E-state index is -1.05. The highest BCUT2D eigenvalue weighted by Gasteiger charge is 2.36. The largest absolute Gasteiger partial charge is 0.386 e. The van der Waals surface area contributed by atoms with E-state index in [1.807, 2.05) is 4.90 Å². The molecule has 0 saturated carbocycles. The topological polar surface area (TPSA) is 69.6 Å². The van der Waals surface area contributed by atoms with Gasteiger partial charge in [0.25, 0.3) is 5.91 Å². The van der Waals surface area contributed by atoms with Crippen LogP contribution in [-0.2, 0) is 0 Å². The van der Waals surface area contributed by atoms with Crippen LogP contribution in [0.3, 0.4) is 0 Å². The van der Waals surface area contributed by atoms with E-state index in [1.165, 1.54) is 11.0 Å². The molecule has 1 aliphatic heterocycles. The van der Waals surface area contributed by atoms with Crippen molar-refractivity contribution in [1.29, 1.82) is 0 Å². The van der Waals surface area contributed by atoms with Crippen LogP contribution >= 0.6 is 0 Å². The van der Waals surface area contributed by atoms with E-state index in [1.54, 1.807) is 44.7 Å². The second-order valence-corrected chi connectivity index (χ2v) is 6.94. The van der Waals surface area contributed by atoms with Gasteiger partial charge in [-0.1, -0.05) is 6.07 Å². The van der Waals surface area contributed by atoms with E-state index in [0.29, 0.717) is 24.3 Å². The summed E-state index contributed by atoms with van der Waals surface area (Å²) < 4.78 is 13.7. The quantitative estimate of drug-likeness (QED) is 0.906. The van der Waals surface area contributed by atoms with Gasteiger partial charge in [0.1, 0.15) is 11.6 Å². The van der Waals surface area contributed by atoms with Crippen molar-refractivity contribution in [2.24, 2.45) is 0 Å². The van der Waals surface area contributed by atoms with Gasteiger partial charge in [0, 0.05) is 38.1 Å². The van der Waals surface area contributed by atoms with Crippen molar-refractivity contribution in [1.82, 2.24) is 14.9 Å². The minimum absolute atomic E-state index is 0.165. The molecular weight excluding hydrogens is 335 g/mol. The molecule has 0 spiro atoms. The van der Waals surface area contributed by atoms with Crippen molar-refractivity contribution in [2.45, 2.75) is 25.4 Å². The number of hydrogen-bond donors (Lipinski definition) is 1. The van der Waals surface area contributed by atoms with Gasteiger partial charge in [0.15, 0.2) is 0 Å². The second kappa shape index (κ2) is 7.37. The molecule has 138 valence electrons. The normalized spacial score (nSPS) is 20.1. The number of anilines is 1. The summed E-state index contributed by atoms with van der Waals surface area (Å²) in [6.45, 7) is 2.96. The van der Waals surface area contributed by atoms with E-state index < -0.39 is 11.4 Å². The van der Waals surface area contributed by atoms with E-state index in [0.717, 1.165) is 13.0 Å². The highest BCUT2D eigenvalue weighted by molar-refractivity contribution is 5.94. The van der Waals surface area contributed by atoms with Gasteiger partial charge in [-0.2, -0.15) is 0 Å². The Morgan fingerprint density at radius 3 is 2.92 bits per heavy atom. The number of piperidine rings is 1. The van der Waals surface area contributed by atoms with E-state index in [2.05, 4.69) is 9.97 Å². The van der Waals surface area contributed by atoms with Crippen LogP contribution in [0.15, 0.2) is 36.8 Å². The van der Waals surface area contributed by atoms with Crippen LogP contribution in [0.5, 0.6) is 0 Å². The number of hydrogen-bond acceptors (Lipinski definition) is 5. The zero-order chi connectivity index (χ0) is 18.7. The fourth-order valence-electron chi connectivity index (χ4n) is 3.35. The van der Waals surface area contributed by atoms with E-state index in [9.17, 15) is 14.3 Å². The average molecular weight is 358 g/mol. The van der Waals surface area contributed by atoms with E-state index in [4.69, 9.17) is 0 Å².